The Kier molecular flexibility index (Phi) is 5.12. The fourth-order valence-electron chi connectivity index (χ4n) is 1.98. The number of ether oxygens (including phenoxy) is 2. The molecule has 0 N–H and O–H groups in total. The van der Waals surface area contributed by atoms with Crippen LogP contribution >= 0.6 is 11.6 Å². The van der Waals surface area contributed by atoms with Gasteiger partial charge in [-0.3, -0.25) is 4.79 Å². The van der Waals surface area contributed by atoms with E-state index in [4.69, 9.17) is 16.3 Å². The number of hydrogen-bond acceptors (Lipinski definition) is 4. The molecule has 0 bridgehead atoms. The van der Waals surface area contributed by atoms with Crippen LogP contribution in [-0.2, 0) is 4.74 Å². The lowest BCUT2D eigenvalue weighted by Crippen LogP contribution is -2.44. The first-order chi connectivity index (χ1) is 10.3. The topological polar surface area (TPSA) is 51.7 Å². The molecule has 2 rings (SSSR count). The molecule has 22 heavy (non-hydrogen) atoms. The lowest BCUT2D eigenvalue weighted by atomic mass is 10.2. The number of morpholine rings is 1. The summed E-state index contributed by atoms with van der Waals surface area (Å²) in [6.07, 6.45) is -3.40. The number of rotatable bonds is 3. The third kappa shape index (κ3) is 4.48. The molecule has 1 saturated heterocycles. The maximum atomic E-state index is 12.3. The van der Waals surface area contributed by atoms with Gasteiger partial charge >= 0.3 is 6.18 Å². The first kappa shape index (κ1) is 16.8. The van der Waals surface area contributed by atoms with Crippen LogP contribution in [0.25, 0.3) is 0 Å². The Bertz CT molecular complexity index is 554. The maximum Gasteiger partial charge on any atom is 0.422 e. The molecule has 1 aromatic rings. The van der Waals surface area contributed by atoms with Crippen molar-refractivity contribution in [3.8, 4) is 5.88 Å². The van der Waals surface area contributed by atoms with Gasteiger partial charge in [-0.25, -0.2) is 4.98 Å². The number of nitrogens with zero attached hydrogens (tertiary/aromatic N) is 2. The minimum absolute atomic E-state index is 0.0736. The normalized spacial score (nSPS) is 19.1. The quantitative estimate of drug-likeness (QED) is 0.850. The zero-order valence-corrected chi connectivity index (χ0v) is 12.4. The van der Waals surface area contributed by atoms with Gasteiger partial charge in [-0.1, -0.05) is 11.6 Å². The monoisotopic (exact) mass is 338 g/mol. The highest BCUT2D eigenvalue weighted by Gasteiger charge is 2.29. The van der Waals surface area contributed by atoms with E-state index in [2.05, 4.69) is 9.72 Å². The van der Waals surface area contributed by atoms with E-state index in [0.29, 0.717) is 19.7 Å². The van der Waals surface area contributed by atoms with E-state index >= 15 is 0 Å². The van der Waals surface area contributed by atoms with Gasteiger partial charge < -0.3 is 14.4 Å². The molecular weight excluding hydrogens is 325 g/mol. The number of amides is 1. The zero-order chi connectivity index (χ0) is 16.3. The minimum Gasteiger partial charge on any atom is -0.467 e. The molecule has 2 heterocycles. The fraction of sp³-hybridized carbons (Fsp3) is 0.538. The summed E-state index contributed by atoms with van der Waals surface area (Å²) in [6, 6.07) is 1.25. The van der Waals surface area contributed by atoms with Crippen molar-refractivity contribution in [2.24, 2.45) is 0 Å². The van der Waals surface area contributed by atoms with Crippen LogP contribution < -0.4 is 4.74 Å². The molecule has 1 aromatic heterocycles. The SMILES string of the molecule is CC1CN(C(=O)c2cnc(OCC(F)(F)F)c(Cl)c2)CCO1. The molecule has 1 atom stereocenters. The van der Waals surface area contributed by atoms with Gasteiger partial charge in [0, 0.05) is 19.3 Å². The molecule has 0 spiro atoms. The van der Waals surface area contributed by atoms with Gasteiger partial charge in [0.2, 0.25) is 5.88 Å². The van der Waals surface area contributed by atoms with Crippen LogP contribution in [-0.4, -0.2) is 54.4 Å². The van der Waals surface area contributed by atoms with Gasteiger partial charge in [-0.2, -0.15) is 13.2 Å². The predicted molar refractivity (Wildman–Crippen MR) is 72.1 cm³/mol. The molecule has 9 heteroatoms. The van der Waals surface area contributed by atoms with Gasteiger partial charge in [-0.15, -0.1) is 0 Å². The number of alkyl halides is 3. The summed E-state index contributed by atoms with van der Waals surface area (Å²) in [4.78, 5) is 17.5. The third-order valence-corrected chi connectivity index (χ3v) is 3.23. The summed E-state index contributed by atoms with van der Waals surface area (Å²) < 4.78 is 46.1. The molecule has 122 valence electrons. The Morgan fingerprint density at radius 2 is 2.32 bits per heavy atom. The summed E-state index contributed by atoms with van der Waals surface area (Å²) in [7, 11) is 0. The van der Waals surface area contributed by atoms with Crippen molar-refractivity contribution in [3.05, 3.63) is 22.8 Å². The summed E-state index contributed by atoms with van der Waals surface area (Å²) in [5.41, 5.74) is 0.193. The highest BCUT2D eigenvalue weighted by Crippen LogP contribution is 2.25. The number of aromatic nitrogens is 1. The predicted octanol–water partition coefficient (Wildman–Crippen LogP) is 2.54. The number of hydrogen-bond donors (Lipinski definition) is 0. The first-order valence-corrected chi connectivity index (χ1v) is 6.90. The Morgan fingerprint density at radius 3 is 2.91 bits per heavy atom. The molecule has 0 saturated carbocycles. The van der Waals surface area contributed by atoms with Gasteiger partial charge in [0.25, 0.3) is 5.91 Å². The Hall–Kier alpha value is -1.54. The second-order valence-corrected chi connectivity index (χ2v) is 5.25. The second kappa shape index (κ2) is 6.70. The van der Waals surface area contributed by atoms with E-state index in [1.165, 1.54) is 6.07 Å². The van der Waals surface area contributed by atoms with Gasteiger partial charge in [0.15, 0.2) is 6.61 Å². The first-order valence-electron chi connectivity index (χ1n) is 6.52. The smallest absolute Gasteiger partial charge is 0.422 e. The molecule has 1 fully saturated rings. The minimum atomic E-state index is -4.48. The van der Waals surface area contributed by atoms with E-state index in [-0.39, 0.29) is 28.5 Å². The fourth-order valence-corrected chi connectivity index (χ4v) is 2.21. The highest BCUT2D eigenvalue weighted by atomic mass is 35.5. The Morgan fingerprint density at radius 1 is 1.59 bits per heavy atom. The standard InChI is InChI=1S/C13H14ClF3N2O3/c1-8-6-19(2-3-21-8)12(20)9-4-10(14)11(18-5-9)22-7-13(15,16)17/h4-5,8H,2-3,6-7H2,1H3. The van der Waals surface area contributed by atoms with Crippen molar-refractivity contribution in [2.45, 2.75) is 19.2 Å². The van der Waals surface area contributed by atoms with Crippen molar-refractivity contribution in [2.75, 3.05) is 26.3 Å². The van der Waals surface area contributed by atoms with Crippen LogP contribution in [0, 0.1) is 0 Å². The van der Waals surface area contributed by atoms with Crippen LogP contribution in [0.3, 0.4) is 0 Å². The number of pyridine rings is 1. The summed E-state index contributed by atoms with van der Waals surface area (Å²) in [5, 5.41) is -0.142. The molecule has 0 aliphatic carbocycles. The average Bonchev–Trinajstić information content (AvgIpc) is 2.44. The maximum absolute atomic E-state index is 12.3. The van der Waals surface area contributed by atoms with Crippen molar-refractivity contribution in [3.63, 3.8) is 0 Å². The van der Waals surface area contributed by atoms with Crippen molar-refractivity contribution >= 4 is 17.5 Å². The molecule has 1 unspecified atom stereocenters. The summed E-state index contributed by atoms with van der Waals surface area (Å²) in [6.45, 7) is 1.66. The average molecular weight is 339 g/mol. The van der Waals surface area contributed by atoms with E-state index in [9.17, 15) is 18.0 Å². The van der Waals surface area contributed by atoms with Crippen molar-refractivity contribution in [1.82, 2.24) is 9.88 Å². The van der Waals surface area contributed by atoms with E-state index in [0.717, 1.165) is 6.20 Å². The van der Waals surface area contributed by atoms with E-state index < -0.39 is 12.8 Å². The van der Waals surface area contributed by atoms with Gasteiger partial charge in [0.1, 0.15) is 5.02 Å². The number of carbonyl (C=O) groups is 1. The highest BCUT2D eigenvalue weighted by molar-refractivity contribution is 6.32. The van der Waals surface area contributed by atoms with Gasteiger partial charge in [0.05, 0.1) is 18.3 Å². The van der Waals surface area contributed by atoms with Crippen LogP contribution in [0.15, 0.2) is 12.3 Å². The number of halogens is 4. The van der Waals surface area contributed by atoms with Crippen LogP contribution in [0.5, 0.6) is 5.88 Å². The molecule has 1 amide bonds. The lowest BCUT2D eigenvalue weighted by molar-refractivity contribution is -0.154. The molecule has 1 aliphatic heterocycles. The van der Waals surface area contributed by atoms with E-state index in [1.807, 2.05) is 6.92 Å². The van der Waals surface area contributed by atoms with Crippen molar-refractivity contribution in [1.29, 1.82) is 0 Å². The Balaban J connectivity index is 2.06. The molecule has 0 radical (unpaired) electrons. The van der Waals surface area contributed by atoms with Gasteiger partial charge in [-0.05, 0) is 13.0 Å². The van der Waals surface area contributed by atoms with Crippen LogP contribution in [0.1, 0.15) is 17.3 Å². The largest absolute Gasteiger partial charge is 0.467 e. The molecule has 1 aliphatic rings. The summed E-state index contributed by atoms with van der Waals surface area (Å²) >= 11 is 5.82. The second-order valence-electron chi connectivity index (χ2n) is 4.85. The molecule has 5 nitrogen and oxygen atoms in total. The summed E-state index contributed by atoms with van der Waals surface area (Å²) in [5.74, 6) is -0.655. The number of carbonyl (C=O) groups excluding carboxylic acids is 1. The Labute approximate surface area is 130 Å². The zero-order valence-electron chi connectivity index (χ0n) is 11.7. The van der Waals surface area contributed by atoms with Crippen LogP contribution in [0.4, 0.5) is 13.2 Å². The third-order valence-electron chi connectivity index (χ3n) is 2.96. The molecular formula is C13H14ClF3N2O3. The van der Waals surface area contributed by atoms with Crippen molar-refractivity contribution < 1.29 is 27.4 Å². The molecule has 0 aromatic carbocycles. The van der Waals surface area contributed by atoms with Crippen LogP contribution in [0.2, 0.25) is 5.02 Å². The van der Waals surface area contributed by atoms with E-state index in [1.54, 1.807) is 4.90 Å². The lowest BCUT2D eigenvalue weighted by Gasteiger charge is -2.31.